The van der Waals surface area contributed by atoms with Crippen molar-refractivity contribution < 1.29 is 8.42 Å². The Bertz CT molecular complexity index is 1020. The summed E-state index contributed by atoms with van der Waals surface area (Å²) < 4.78 is 29.6. The first-order chi connectivity index (χ1) is 12.7. The monoisotopic (exact) mass is 384 g/mol. The van der Waals surface area contributed by atoms with E-state index in [-0.39, 0.29) is 6.04 Å². The summed E-state index contributed by atoms with van der Waals surface area (Å²) in [5.41, 5.74) is 4.39. The molecule has 1 heterocycles. The largest absolute Gasteiger partial charge is 0.243 e. The van der Waals surface area contributed by atoms with E-state index in [9.17, 15) is 8.42 Å². The van der Waals surface area contributed by atoms with Crippen LogP contribution >= 0.6 is 0 Å². The third kappa shape index (κ3) is 3.65. The molecular formula is C20H24N4O2S. The molecule has 1 atom stereocenters. The van der Waals surface area contributed by atoms with Crippen LogP contribution < -0.4 is 0 Å². The Labute approximate surface area is 160 Å². The van der Waals surface area contributed by atoms with Crippen LogP contribution in [0.15, 0.2) is 53.9 Å². The van der Waals surface area contributed by atoms with Crippen molar-refractivity contribution in [3.05, 3.63) is 71.3 Å². The van der Waals surface area contributed by atoms with E-state index < -0.39 is 10.0 Å². The smallest absolute Gasteiger partial charge is 0.223 e. The number of benzene rings is 2. The van der Waals surface area contributed by atoms with E-state index in [0.29, 0.717) is 4.90 Å². The lowest BCUT2D eigenvalue weighted by Gasteiger charge is -2.26. The van der Waals surface area contributed by atoms with Crippen molar-refractivity contribution in [1.82, 2.24) is 19.1 Å². The summed E-state index contributed by atoms with van der Waals surface area (Å²) in [4.78, 5) is 4.33. The van der Waals surface area contributed by atoms with Gasteiger partial charge in [0.05, 0.1) is 10.6 Å². The van der Waals surface area contributed by atoms with Gasteiger partial charge in [0.1, 0.15) is 12.7 Å². The van der Waals surface area contributed by atoms with Gasteiger partial charge < -0.3 is 0 Å². The van der Waals surface area contributed by atoms with E-state index >= 15 is 0 Å². The van der Waals surface area contributed by atoms with Gasteiger partial charge in [-0.2, -0.15) is 9.40 Å². The molecule has 0 aliphatic heterocycles. The van der Waals surface area contributed by atoms with E-state index in [1.54, 1.807) is 18.1 Å². The van der Waals surface area contributed by atoms with Crippen LogP contribution in [-0.4, -0.2) is 34.5 Å². The van der Waals surface area contributed by atoms with Crippen LogP contribution in [0.2, 0.25) is 0 Å². The number of aryl methyl sites for hydroxylation is 3. The fourth-order valence-corrected chi connectivity index (χ4v) is 5.14. The lowest BCUT2D eigenvalue weighted by atomic mass is 10.1. The Hall–Kier alpha value is -2.51. The maximum absolute atomic E-state index is 13.3. The molecule has 0 unspecified atom stereocenters. The minimum atomic E-state index is -3.61. The van der Waals surface area contributed by atoms with Crippen molar-refractivity contribution in [3.8, 4) is 5.69 Å². The summed E-state index contributed by atoms with van der Waals surface area (Å²) >= 11 is 0. The molecule has 1 aromatic heterocycles. The number of hydrogen-bond acceptors (Lipinski definition) is 4. The molecule has 6 nitrogen and oxygen atoms in total. The van der Waals surface area contributed by atoms with Crippen molar-refractivity contribution >= 4 is 10.0 Å². The first-order valence-corrected chi connectivity index (χ1v) is 10.2. The summed E-state index contributed by atoms with van der Waals surface area (Å²) in [7, 11) is -1.98. The van der Waals surface area contributed by atoms with Gasteiger partial charge in [0, 0.05) is 13.1 Å². The molecule has 0 amide bonds. The first-order valence-electron chi connectivity index (χ1n) is 8.72. The fourth-order valence-electron chi connectivity index (χ4n) is 3.38. The molecule has 2 aromatic carbocycles. The summed E-state index contributed by atoms with van der Waals surface area (Å²) in [5, 5.41) is 4.10. The summed E-state index contributed by atoms with van der Waals surface area (Å²) in [6, 6.07) is 11.2. The van der Waals surface area contributed by atoms with Gasteiger partial charge in [0.25, 0.3) is 0 Å². The molecule has 0 fully saturated rings. The Morgan fingerprint density at radius 1 is 1.04 bits per heavy atom. The SMILES string of the molecule is Cc1cc(C)c(S(=O)(=O)N(C)[C@H](C)c2ccc(-n3cncn3)cc2)c(C)c1. The zero-order valence-corrected chi connectivity index (χ0v) is 17.0. The van der Waals surface area contributed by atoms with Gasteiger partial charge in [-0.25, -0.2) is 18.1 Å². The van der Waals surface area contributed by atoms with Gasteiger partial charge in [-0.15, -0.1) is 0 Å². The molecule has 0 N–H and O–H groups in total. The molecule has 3 aromatic rings. The van der Waals surface area contributed by atoms with E-state index in [4.69, 9.17) is 0 Å². The van der Waals surface area contributed by atoms with Crippen LogP contribution in [-0.2, 0) is 10.0 Å². The predicted octanol–water partition coefficient (Wildman–Crippen LogP) is 3.57. The molecule has 0 spiro atoms. The van der Waals surface area contributed by atoms with Crippen LogP contribution in [0.1, 0.15) is 35.2 Å². The van der Waals surface area contributed by atoms with Crippen molar-refractivity contribution in [3.63, 3.8) is 0 Å². The molecule has 3 rings (SSSR count). The van der Waals surface area contributed by atoms with Crippen molar-refractivity contribution in [2.75, 3.05) is 7.05 Å². The Kier molecular flexibility index (Phi) is 5.17. The van der Waals surface area contributed by atoms with Crippen LogP contribution in [0.5, 0.6) is 0 Å². The van der Waals surface area contributed by atoms with Crippen LogP contribution in [0.4, 0.5) is 0 Å². The highest BCUT2D eigenvalue weighted by molar-refractivity contribution is 7.89. The van der Waals surface area contributed by atoms with Crippen LogP contribution in [0.3, 0.4) is 0 Å². The van der Waals surface area contributed by atoms with Crippen molar-refractivity contribution in [2.45, 2.75) is 38.6 Å². The van der Waals surface area contributed by atoms with Crippen LogP contribution in [0.25, 0.3) is 5.69 Å². The zero-order chi connectivity index (χ0) is 19.8. The van der Waals surface area contributed by atoms with Gasteiger partial charge in [-0.3, -0.25) is 0 Å². The van der Waals surface area contributed by atoms with Gasteiger partial charge in [0.15, 0.2) is 0 Å². The number of nitrogens with zero attached hydrogens (tertiary/aromatic N) is 4. The minimum Gasteiger partial charge on any atom is -0.223 e. The Balaban J connectivity index is 1.91. The Morgan fingerprint density at radius 3 is 2.15 bits per heavy atom. The molecule has 0 radical (unpaired) electrons. The number of sulfonamides is 1. The summed E-state index contributed by atoms with van der Waals surface area (Å²) in [6.07, 6.45) is 3.10. The molecule has 0 aliphatic rings. The van der Waals surface area contributed by atoms with Crippen molar-refractivity contribution in [2.24, 2.45) is 0 Å². The van der Waals surface area contributed by atoms with Gasteiger partial charge in [0.2, 0.25) is 10.0 Å². The Morgan fingerprint density at radius 2 is 1.63 bits per heavy atom. The van der Waals surface area contributed by atoms with Gasteiger partial charge in [-0.05, 0) is 56.5 Å². The van der Waals surface area contributed by atoms with E-state index in [1.165, 1.54) is 10.6 Å². The fraction of sp³-hybridized carbons (Fsp3) is 0.300. The highest BCUT2D eigenvalue weighted by Gasteiger charge is 2.29. The van der Waals surface area contributed by atoms with E-state index in [0.717, 1.165) is 27.9 Å². The predicted molar refractivity (Wildman–Crippen MR) is 105 cm³/mol. The normalized spacial score (nSPS) is 13.1. The molecular weight excluding hydrogens is 360 g/mol. The topological polar surface area (TPSA) is 68.1 Å². The summed E-state index contributed by atoms with van der Waals surface area (Å²) in [5.74, 6) is 0. The molecule has 142 valence electrons. The molecule has 0 saturated carbocycles. The number of rotatable bonds is 5. The summed E-state index contributed by atoms with van der Waals surface area (Å²) in [6.45, 7) is 7.55. The molecule has 0 bridgehead atoms. The van der Waals surface area contributed by atoms with Gasteiger partial charge in [-0.1, -0.05) is 29.8 Å². The zero-order valence-electron chi connectivity index (χ0n) is 16.2. The average molecular weight is 385 g/mol. The lowest BCUT2D eigenvalue weighted by molar-refractivity contribution is 0.398. The van der Waals surface area contributed by atoms with E-state index in [1.807, 2.05) is 64.1 Å². The van der Waals surface area contributed by atoms with Crippen LogP contribution in [0, 0.1) is 20.8 Å². The third-order valence-electron chi connectivity index (χ3n) is 4.85. The molecule has 27 heavy (non-hydrogen) atoms. The molecule has 0 aliphatic carbocycles. The lowest BCUT2D eigenvalue weighted by Crippen LogP contribution is -2.31. The molecule has 7 heteroatoms. The second-order valence-corrected chi connectivity index (χ2v) is 8.79. The third-order valence-corrected chi connectivity index (χ3v) is 7.08. The first kappa shape index (κ1) is 19.3. The highest BCUT2D eigenvalue weighted by Crippen LogP contribution is 2.30. The molecule has 0 saturated heterocycles. The maximum atomic E-state index is 13.3. The standard InChI is InChI=1S/C20H24N4O2S/c1-14-10-15(2)20(16(3)11-14)27(25,26)23(5)17(4)18-6-8-19(9-7-18)24-13-21-12-22-24/h6-13,17H,1-5H3/t17-/m1/s1. The second-order valence-electron chi connectivity index (χ2n) is 6.86. The average Bonchev–Trinajstić information content (AvgIpc) is 3.14. The number of hydrogen-bond donors (Lipinski definition) is 0. The second kappa shape index (κ2) is 7.25. The maximum Gasteiger partial charge on any atom is 0.243 e. The highest BCUT2D eigenvalue weighted by atomic mass is 32.2. The number of aromatic nitrogens is 3. The van der Waals surface area contributed by atoms with Gasteiger partial charge >= 0.3 is 0 Å². The quantitative estimate of drug-likeness (QED) is 0.674. The van der Waals surface area contributed by atoms with E-state index in [2.05, 4.69) is 10.1 Å². The van der Waals surface area contributed by atoms with Crippen molar-refractivity contribution in [1.29, 1.82) is 0 Å². The minimum absolute atomic E-state index is 0.306.